The molecule has 1 saturated heterocycles. The number of rotatable bonds is 7. The van der Waals surface area contributed by atoms with Gasteiger partial charge in [0.2, 0.25) is 5.91 Å². The quantitative estimate of drug-likeness (QED) is 0.509. The number of hydrogen-bond donors (Lipinski definition) is 2. The summed E-state index contributed by atoms with van der Waals surface area (Å²) < 4.78 is 5.41. The van der Waals surface area contributed by atoms with E-state index in [1.807, 2.05) is 0 Å². The van der Waals surface area contributed by atoms with Gasteiger partial charge in [-0.1, -0.05) is 12.1 Å². The SMILES string of the molecule is CC(=O)Nc1ccc(OCC(=O)NN2C(=O)CSC2c2cccc([N+](=O)[O-])c2)cc1. The van der Waals surface area contributed by atoms with Crippen molar-refractivity contribution in [3.8, 4) is 5.75 Å². The van der Waals surface area contributed by atoms with E-state index in [1.165, 1.54) is 36.9 Å². The van der Waals surface area contributed by atoms with Crippen molar-refractivity contribution < 1.29 is 24.0 Å². The fraction of sp³-hybridized carbons (Fsp3) is 0.211. The smallest absolute Gasteiger partial charge is 0.276 e. The Labute approximate surface area is 175 Å². The molecule has 3 rings (SSSR count). The standard InChI is InChI=1S/C19H18N4O6S/c1-12(24)20-14-5-7-16(8-6-14)29-10-17(25)21-22-18(26)11-30-19(22)13-3-2-4-15(9-13)23(27)28/h2-9,19H,10-11H2,1H3,(H,20,24)(H,21,25). The average Bonchev–Trinajstić information content (AvgIpc) is 3.07. The lowest BCUT2D eigenvalue weighted by Gasteiger charge is -2.24. The molecule has 1 fully saturated rings. The van der Waals surface area contributed by atoms with Gasteiger partial charge >= 0.3 is 0 Å². The predicted octanol–water partition coefficient (Wildman–Crippen LogP) is 2.24. The molecule has 1 aliphatic rings. The lowest BCUT2D eigenvalue weighted by Crippen LogP contribution is -2.46. The summed E-state index contributed by atoms with van der Waals surface area (Å²) in [6, 6.07) is 12.4. The monoisotopic (exact) mass is 430 g/mol. The topological polar surface area (TPSA) is 131 Å². The summed E-state index contributed by atoms with van der Waals surface area (Å²) in [6.07, 6.45) is 0. The minimum atomic E-state index is -0.571. The van der Waals surface area contributed by atoms with E-state index < -0.39 is 16.2 Å². The number of nitro groups is 1. The minimum absolute atomic E-state index is 0.0928. The number of nitrogens with one attached hydrogen (secondary N) is 2. The molecule has 2 aromatic rings. The summed E-state index contributed by atoms with van der Waals surface area (Å²) >= 11 is 1.26. The molecule has 2 N–H and O–H groups in total. The molecule has 0 aliphatic carbocycles. The van der Waals surface area contributed by atoms with Crippen LogP contribution in [0.3, 0.4) is 0 Å². The van der Waals surface area contributed by atoms with Crippen LogP contribution in [0.1, 0.15) is 17.9 Å². The zero-order chi connectivity index (χ0) is 21.7. The molecule has 156 valence electrons. The lowest BCUT2D eigenvalue weighted by molar-refractivity contribution is -0.384. The van der Waals surface area contributed by atoms with Gasteiger partial charge in [0.15, 0.2) is 6.61 Å². The number of anilines is 1. The van der Waals surface area contributed by atoms with Gasteiger partial charge < -0.3 is 10.1 Å². The van der Waals surface area contributed by atoms with Crippen LogP contribution in [0.5, 0.6) is 5.75 Å². The highest BCUT2D eigenvalue weighted by molar-refractivity contribution is 8.00. The molecule has 1 aliphatic heterocycles. The molecule has 30 heavy (non-hydrogen) atoms. The number of hydrogen-bond acceptors (Lipinski definition) is 7. The number of ether oxygens (including phenoxy) is 1. The second-order valence-electron chi connectivity index (χ2n) is 6.31. The van der Waals surface area contributed by atoms with Gasteiger partial charge in [-0.2, -0.15) is 0 Å². The summed E-state index contributed by atoms with van der Waals surface area (Å²) in [5.41, 5.74) is 3.55. The molecule has 10 nitrogen and oxygen atoms in total. The largest absolute Gasteiger partial charge is 0.484 e. The Kier molecular flexibility index (Phi) is 6.52. The Morgan fingerprint density at radius 1 is 1.27 bits per heavy atom. The number of thioether (sulfide) groups is 1. The fourth-order valence-electron chi connectivity index (χ4n) is 2.74. The molecule has 0 bridgehead atoms. The maximum absolute atomic E-state index is 12.3. The first-order valence-corrected chi connectivity index (χ1v) is 9.86. The van der Waals surface area contributed by atoms with Gasteiger partial charge in [0, 0.05) is 24.7 Å². The van der Waals surface area contributed by atoms with Crippen molar-refractivity contribution in [1.82, 2.24) is 10.4 Å². The molecule has 0 radical (unpaired) electrons. The second-order valence-corrected chi connectivity index (χ2v) is 7.38. The second kappa shape index (κ2) is 9.27. The molecule has 1 unspecified atom stereocenters. The molecule has 1 atom stereocenters. The maximum Gasteiger partial charge on any atom is 0.276 e. The molecular weight excluding hydrogens is 412 g/mol. The van der Waals surface area contributed by atoms with Gasteiger partial charge in [0.1, 0.15) is 11.1 Å². The normalized spacial score (nSPS) is 15.6. The van der Waals surface area contributed by atoms with Crippen LogP contribution in [-0.2, 0) is 14.4 Å². The molecule has 0 aromatic heterocycles. The van der Waals surface area contributed by atoms with Gasteiger partial charge in [-0.25, -0.2) is 5.01 Å². The van der Waals surface area contributed by atoms with Crippen LogP contribution >= 0.6 is 11.8 Å². The summed E-state index contributed by atoms with van der Waals surface area (Å²) in [6.45, 7) is 1.06. The Morgan fingerprint density at radius 2 is 2.00 bits per heavy atom. The Hall–Kier alpha value is -3.60. The number of hydrazine groups is 1. The summed E-state index contributed by atoms with van der Waals surface area (Å²) in [5, 5.41) is 14.2. The number of benzene rings is 2. The van der Waals surface area contributed by atoms with Gasteiger partial charge in [-0.3, -0.25) is 29.9 Å². The molecule has 0 saturated carbocycles. The lowest BCUT2D eigenvalue weighted by atomic mass is 10.2. The number of nitrogens with zero attached hydrogens (tertiary/aromatic N) is 2. The first-order valence-electron chi connectivity index (χ1n) is 8.81. The summed E-state index contributed by atoms with van der Waals surface area (Å²) in [5.74, 6) is -0.512. The van der Waals surface area contributed by atoms with Gasteiger partial charge in [0.25, 0.3) is 17.5 Å². The van der Waals surface area contributed by atoms with E-state index >= 15 is 0 Å². The third-order valence-electron chi connectivity index (χ3n) is 4.02. The molecule has 1 heterocycles. The van der Waals surface area contributed by atoms with Crippen molar-refractivity contribution >= 4 is 40.9 Å². The molecule has 2 aromatic carbocycles. The van der Waals surface area contributed by atoms with Crippen molar-refractivity contribution in [2.24, 2.45) is 0 Å². The van der Waals surface area contributed by atoms with Crippen LogP contribution < -0.4 is 15.5 Å². The number of non-ortho nitro benzene ring substituents is 1. The van der Waals surface area contributed by atoms with Crippen molar-refractivity contribution in [3.05, 3.63) is 64.2 Å². The maximum atomic E-state index is 12.3. The van der Waals surface area contributed by atoms with E-state index in [1.54, 1.807) is 30.3 Å². The van der Waals surface area contributed by atoms with Gasteiger partial charge in [-0.05, 0) is 29.8 Å². The molecular formula is C19H18N4O6S. The third-order valence-corrected chi connectivity index (χ3v) is 5.24. The van der Waals surface area contributed by atoms with Crippen LogP contribution in [0.15, 0.2) is 48.5 Å². The predicted molar refractivity (Wildman–Crippen MR) is 110 cm³/mol. The van der Waals surface area contributed by atoms with Crippen molar-refractivity contribution in [3.63, 3.8) is 0 Å². The van der Waals surface area contributed by atoms with Gasteiger partial charge in [0.05, 0.1) is 10.7 Å². The van der Waals surface area contributed by atoms with Crippen LogP contribution in [0.25, 0.3) is 0 Å². The van der Waals surface area contributed by atoms with Crippen molar-refractivity contribution in [2.45, 2.75) is 12.3 Å². The molecule has 11 heteroatoms. The van der Waals surface area contributed by atoms with Crippen LogP contribution in [0.2, 0.25) is 0 Å². The van der Waals surface area contributed by atoms with Crippen LogP contribution in [0.4, 0.5) is 11.4 Å². The number of carbonyl (C=O) groups excluding carboxylic acids is 3. The Bertz CT molecular complexity index is 981. The Balaban J connectivity index is 1.60. The minimum Gasteiger partial charge on any atom is -0.484 e. The number of carbonyl (C=O) groups is 3. The molecule has 0 spiro atoms. The van der Waals surface area contributed by atoms with E-state index in [4.69, 9.17) is 4.74 Å². The van der Waals surface area contributed by atoms with Crippen molar-refractivity contribution in [1.29, 1.82) is 0 Å². The highest BCUT2D eigenvalue weighted by Gasteiger charge is 2.35. The first-order chi connectivity index (χ1) is 14.3. The summed E-state index contributed by atoms with van der Waals surface area (Å²) in [4.78, 5) is 46.0. The van der Waals surface area contributed by atoms with E-state index in [0.717, 1.165) is 5.01 Å². The van der Waals surface area contributed by atoms with Crippen LogP contribution in [0, 0.1) is 10.1 Å². The number of amides is 3. The van der Waals surface area contributed by atoms with E-state index in [9.17, 15) is 24.5 Å². The Morgan fingerprint density at radius 3 is 2.67 bits per heavy atom. The zero-order valence-corrected chi connectivity index (χ0v) is 16.7. The van der Waals surface area contributed by atoms with Gasteiger partial charge in [-0.15, -0.1) is 11.8 Å². The highest BCUT2D eigenvalue weighted by atomic mass is 32.2. The van der Waals surface area contributed by atoms with Crippen LogP contribution in [-0.4, -0.2) is 40.0 Å². The zero-order valence-electron chi connectivity index (χ0n) is 15.9. The van der Waals surface area contributed by atoms with E-state index in [0.29, 0.717) is 17.0 Å². The molecule has 3 amide bonds. The number of nitro benzene ring substituents is 1. The van der Waals surface area contributed by atoms with Crippen molar-refractivity contribution in [2.75, 3.05) is 17.7 Å². The average molecular weight is 430 g/mol. The summed E-state index contributed by atoms with van der Waals surface area (Å²) in [7, 11) is 0. The van der Waals surface area contributed by atoms with E-state index in [2.05, 4.69) is 10.7 Å². The fourth-order valence-corrected chi connectivity index (χ4v) is 3.83. The third kappa shape index (κ3) is 5.26. The first kappa shape index (κ1) is 21.1. The highest BCUT2D eigenvalue weighted by Crippen LogP contribution is 2.38. The van der Waals surface area contributed by atoms with E-state index in [-0.39, 0.29) is 29.9 Å².